The van der Waals surface area contributed by atoms with Crippen LogP contribution >= 0.6 is 11.8 Å². The van der Waals surface area contributed by atoms with Gasteiger partial charge in [0.1, 0.15) is 6.04 Å². The molecule has 5 nitrogen and oxygen atoms in total. The number of carbonyl (C=O) groups excluding carboxylic acids is 2. The van der Waals surface area contributed by atoms with Gasteiger partial charge in [-0.1, -0.05) is 66.7 Å². The highest BCUT2D eigenvalue weighted by Crippen LogP contribution is 2.36. The van der Waals surface area contributed by atoms with E-state index in [-0.39, 0.29) is 17.8 Å². The lowest BCUT2D eigenvalue weighted by Crippen LogP contribution is -2.36. The van der Waals surface area contributed by atoms with E-state index in [0.717, 1.165) is 27.6 Å². The highest BCUT2D eigenvalue weighted by molar-refractivity contribution is 7.99. The molecule has 1 aliphatic rings. The Morgan fingerprint density at radius 3 is 2.50 bits per heavy atom. The summed E-state index contributed by atoms with van der Waals surface area (Å²) in [7, 11) is 0. The van der Waals surface area contributed by atoms with Crippen LogP contribution in [0.1, 0.15) is 21.3 Å². The van der Waals surface area contributed by atoms with Gasteiger partial charge >= 0.3 is 5.97 Å². The van der Waals surface area contributed by atoms with E-state index in [0.29, 0.717) is 11.3 Å². The summed E-state index contributed by atoms with van der Waals surface area (Å²) < 4.78 is 5.34. The molecule has 0 spiro atoms. The molecule has 4 aromatic rings. The molecule has 0 radical (unpaired) electrons. The molecule has 0 bridgehead atoms. The first-order chi connectivity index (χ1) is 15.7. The standard InChI is InChI=1S/C26H22N2O3S/c29-24(19-11-9-18(10-12-19)17-5-2-1-3-6-17)15-31-26(30)23-16-32-25(28-23)21-7-4-8-22-20(21)13-14-27-22/h1-14,23,25,27-28H,15-16H2/t23-,25-/m1/s1. The number of hydrogen-bond acceptors (Lipinski definition) is 5. The van der Waals surface area contributed by atoms with Crippen molar-refractivity contribution in [2.24, 2.45) is 0 Å². The molecule has 160 valence electrons. The van der Waals surface area contributed by atoms with Gasteiger partial charge in [-0.25, -0.2) is 0 Å². The maximum atomic E-state index is 12.6. The van der Waals surface area contributed by atoms with Crippen molar-refractivity contribution in [3.63, 3.8) is 0 Å². The number of fused-ring (bicyclic) bond motifs is 1. The molecule has 1 saturated heterocycles. The van der Waals surface area contributed by atoms with Crippen LogP contribution in [0.5, 0.6) is 0 Å². The normalized spacial score (nSPS) is 18.0. The highest BCUT2D eigenvalue weighted by atomic mass is 32.2. The third-order valence-electron chi connectivity index (χ3n) is 5.64. The van der Waals surface area contributed by atoms with E-state index in [9.17, 15) is 9.59 Å². The van der Waals surface area contributed by atoms with Gasteiger partial charge in [-0.05, 0) is 28.8 Å². The Kier molecular flexibility index (Phi) is 5.79. The number of carbonyl (C=O) groups is 2. The molecule has 3 aromatic carbocycles. The van der Waals surface area contributed by atoms with E-state index in [1.807, 2.05) is 66.9 Å². The molecular weight excluding hydrogens is 420 g/mol. The fourth-order valence-electron chi connectivity index (χ4n) is 3.93. The maximum Gasteiger partial charge on any atom is 0.324 e. The van der Waals surface area contributed by atoms with Crippen molar-refractivity contribution in [2.45, 2.75) is 11.4 Å². The summed E-state index contributed by atoms with van der Waals surface area (Å²) in [5.41, 5.74) is 4.86. The Morgan fingerprint density at radius 2 is 1.69 bits per heavy atom. The fourth-order valence-corrected chi connectivity index (χ4v) is 5.19. The number of hydrogen-bond donors (Lipinski definition) is 2. The van der Waals surface area contributed by atoms with Crippen LogP contribution in [0.3, 0.4) is 0 Å². The van der Waals surface area contributed by atoms with E-state index in [1.54, 1.807) is 23.9 Å². The molecule has 1 fully saturated rings. The molecule has 0 amide bonds. The van der Waals surface area contributed by atoms with Gasteiger partial charge in [0.2, 0.25) is 0 Å². The van der Waals surface area contributed by atoms with Gasteiger partial charge in [0.15, 0.2) is 12.4 Å². The number of benzene rings is 3. The first-order valence-corrected chi connectivity index (χ1v) is 11.5. The first-order valence-electron chi connectivity index (χ1n) is 10.5. The molecule has 2 N–H and O–H groups in total. The lowest BCUT2D eigenvalue weighted by molar-refractivity contribution is -0.144. The topological polar surface area (TPSA) is 71.2 Å². The Morgan fingerprint density at radius 1 is 0.906 bits per heavy atom. The monoisotopic (exact) mass is 442 g/mol. The molecule has 0 saturated carbocycles. The molecule has 6 heteroatoms. The van der Waals surface area contributed by atoms with Gasteiger partial charge in [-0.15, -0.1) is 11.8 Å². The van der Waals surface area contributed by atoms with Crippen LogP contribution < -0.4 is 5.32 Å². The van der Waals surface area contributed by atoms with Gasteiger partial charge < -0.3 is 9.72 Å². The van der Waals surface area contributed by atoms with E-state index < -0.39 is 12.0 Å². The Balaban J connectivity index is 1.17. The number of ketones is 1. The van der Waals surface area contributed by atoms with Gasteiger partial charge in [-0.2, -0.15) is 0 Å². The van der Waals surface area contributed by atoms with E-state index >= 15 is 0 Å². The second kappa shape index (κ2) is 9.02. The Hall–Kier alpha value is -3.35. The van der Waals surface area contributed by atoms with Crippen molar-refractivity contribution in [1.82, 2.24) is 10.3 Å². The van der Waals surface area contributed by atoms with Crippen LogP contribution in [0.25, 0.3) is 22.0 Å². The number of rotatable bonds is 6. The lowest BCUT2D eigenvalue weighted by Gasteiger charge is -2.14. The zero-order valence-electron chi connectivity index (χ0n) is 17.3. The van der Waals surface area contributed by atoms with Gasteiger partial charge in [0.05, 0.1) is 5.37 Å². The average Bonchev–Trinajstić information content (AvgIpc) is 3.53. The molecule has 32 heavy (non-hydrogen) atoms. The lowest BCUT2D eigenvalue weighted by atomic mass is 10.0. The summed E-state index contributed by atoms with van der Waals surface area (Å²) in [5.74, 6) is -0.00247. The van der Waals surface area contributed by atoms with Crippen molar-refractivity contribution >= 4 is 34.4 Å². The molecular formula is C26H22N2O3S. The van der Waals surface area contributed by atoms with Crippen molar-refractivity contribution < 1.29 is 14.3 Å². The number of nitrogens with one attached hydrogen (secondary N) is 2. The molecule has 0 unspecified atom stereocenters. The fraction of sp³-hybridized carbons (Fsp3) is 0.154. The minimum Gasteiger partial charge on any atom is -0.456 e. The second-order valence-electron chi connectivity index (χ2n) is 7.69. The van der Waals surface area contributed by atoms with Crippen LogP contribution in [-0.2, 0) is 9.53 Å². The van der Waals surface area contributed by atoms with E-state index in [1.165, 1.54) is 0 Å². The third kappa shape index (κ3) is 4.20. The maximum absolute atomic E-state index is 12.6. The van der Waals surface area contributed by atoms with E-state index in [4.69, 9.17) is 4.74 Å². The molecule has 0 aliphatic carbocycles. The summed E-state index contributed by atoms with van der Waals surface area (Å²) in [4.78, 5) is 28.3. The van der Waals surface area contributed by atoms with Crippen LogP contribution in [-0.4, -0.2) is 35.1 Å². The summed E-state index contributed by atoms with van der Waals surface area (Å²) in [6.07, 6.45) is 1.91. The van der Waals surface area contributed by atoms with Crippen molar-refractivity contribution in [1.29, 1.82) is 0 Å². The van der Waals surface area contributed by atoms with Crippen LogP contribution in [0, 0.1) is 0 Å². The molecule has 2 heterocycles. The summed E-state index contributed by atoms with van der Waals surface area (Å²) in [5, 5.41) is 4.49. The predicted molar refractivity (Wildman–Crippen MR) is 128 cm³/mol. The van der Waals surface area contributed by atoms with Gasteiger partial charge in [-0.3, -0.25) is 14.9 Å². The Bertz CT molecular complexity index is 1250. The van der Waals surface area contributed by atoms with Gasteiger partial charge in [0.25, 0.3) is 0 Å². The van der Waals surface area contributed by atoms with Crippen molar-refractivity contribution in [3.05, 3.63) is 96.2 Å². The van der Waals surface area contributed by atoms with E-state index in [2.05, 4.69) is 16.4 Å². The minimum atomic E-state index is -0.438. The van der Waals surface area contributed by atoms with Gasteiger partial charge in [0, 0.05) is 28.4 Å². The molecule has 1 aliphatic heterocycles. The van der Waals surface area contributed by atoms with Crippen LogP contribution in [0.2, 0.25) is 0 Å². The predicted octanol–water partition coefficient (Wildman–Crippen LogP) is 4.96. The summed E-state index contributed by atoms with van der Waals surface area (Å²) >= 11 is 1.67. The SMILES string of the molecule is O=C(COC(=O)[C@H]1CS[C@H](c2cccc3[nH]ccc23)N1)c1ccc(-c2ccccc2)cc1. The number of aromatic nitrogens is 1. The van der Waals surface area contributed by atoms with Crippen LogP contribution in [0.15, 0.2) is 85.1 Å². The minimum absolute atomic E-state index is 0.00767. The smallest absolute Gasteiger partial charge is 0.324 e. The number of aromatic amines is 1. The highest BCUT2D eigenvalue weighted by Gasteiger charge is 2.32. The Labute approximate surface area is 190 Å². The van der Waals surface area contributed by atoms with Crippen LogP contribution in [0.4, 0.5) is 0 Å². The molecule has 2 atom stereocenters. The number of ether oxygens (including phenoxy) is 1. The number of H-pyrrole nitrogens is 1. The largest absolute Gasteiger partial charge is 0.456 e. The first kappa shape index (κ1) is 20.5. The number of esters is 1. The zero-order chi connectivity index (χ0) is 21.9. The summed E-state index contributed by atoms with van der Waals surface area (Å²) in [6, 6.07) is 25.0. The zero-order valence-corrected chi connectivity index (χ0v) is 18.1. The molecule has 1 aromatic heterocycles. The summed E-state index contributed by atoms with van der Waals surface area (Å²) in [6.45, 7) is -0.260. The average molecular weight is 443 g/mol. The van der Waals surface area contributed by atoms with Crippen molar-refractivity contribution in [2.75, 3.05) is 12.4 Å². The quantitative estimate of drug-likeness (QED) is 0.326. The molecule has 5 rings (SSSR count). The number of thioether (sulfide) groups is 1. The third-order valence-corrected chi connectivity index (χ3v) is 6.89. The number of Topliss-reactive ketones (excluding diaryl/α,β-unsaturated/α-hetero) is 1. The van der Waals surface area contributed by atoms with Crippen molar-refractivity contribution in [3.8, 4) is 11.1 Å². The second-order valence-corrected chi connectivity index (χ2v) is 8.83.